The number of pyridine rings is 1. The van der Waals surface area contributed by atoms with E-state index in [1.54, 1.807) is 38.2 Å². The Kier molecular flexibility index (Phi) is 2.98. The van der Waals surface area contributed by atoms with E-state index in [4.69, 9.17) is 5.11 Å². The molecule has 15 heavy (non-hydrogen) atoms. The van der Waals surface area contributed by atoms with Crippen LogP contribution in [-0.4, -0.2) is 28.6 Å². The summed E-state index contributed by atoms with van der Waals surface area (Å²) in [5.41, 5.74) is 0.929. The molecule has 0 fully saturated rings. The first-order valence-electron chi connectivity index (χ1n) is 4.75. The van der Waals surface area contributed by atoms with Crippen molar-refractivity contribution in [1.82, 2.24) is 4.98 Å². The minimum Gasteiger partial charge on any atom is -0.480 e. The summed E-state index contributed by atoms with van der Waals surface area (Å²) < 4.78 is 0. The third-order valence-electron chi connectivity index (χ3n) is 2.71. The zero-order valence-electron chi connectivity index (χ0n) is 9.48. The average Bonchev–Trinajstić information content (AvgIpc) is 2.17. The van der Waals surface area contributed by atoms with Crippen molar-refractivity contribution in [3.8, 4) is 0 Å². The second-order valence-corrected chi connectivity index (χ2v) is 4.09. The molecule has 1 aromatic rings. The maximum Gasteiger partial charge on any atom is 0.328 e. The van der Waals surface area contributed by atoms with E-state index in [2.05, 4.69) is 4.98 Å². The lowest BCUT2D eigenvalue weighted by molar-refractivity contribution is -0.142. The fourth-order valence-electron chi connectivity index (χ4n) is 1.29. The van der Waals surface area contributed by atoms with E-state index >= 15 is 0 Å². The summed E-state index contributed by atoms with van der Waals surface area (Å²) >= 11 is 0. The molecule has 1 aromatic heterocycles. The summed E-state index contributed by atoms with van der Waals surface area (Å²) in [6, 6.07) is 1.82. The first-order chi connectivity index (χ1) is 6.87. The summed E-state index contributed by atoms with van der Waals surface area (Å²) in [6.45, 7) is 5.27. The minimum absolute atomic E-state index is 0.846. The summed E-state index contributed by atoms with van der Waals surface area (Å²) in [6.07, 6.45) is 3.39. The molecule has 1 heterocycles. The first-order valence-corrected chi connectivity index (χ1v) is 4.75. The van der Waals surface area contributed by atoms with Gasteiger partial charge in [0.15, 0.2) is 0 Å². The molecule has 0 amide bonds. The van der Waals surface area contributed by atoms with Gasteiger partial charge in [-0.25, -0.2) is 4.79 Å². The van der Waals surface area contributed by atoms with Gasteiger partial charge in [-0.1, -0.05) is 0 Å². The van der Waals surface area contributed by atoms with E-state index in [1.165, 1.54) is 0 Å². The Morgan fingerprint density at radius 3 is 2.60 bits per heavy atom. The summed E-state index contributed by atoms with van der Waals surface area (Å²) in [5, 5.41) is 9.11. The van der Waals surface area contributed by atoms with Gasteiger partial charge < -0.3 is 10.0 Å². The molecule has 82 valence electrons. The number of carbonyl (C=O) groups is 1. The SMILES string of the molecule is Cc1cnccc1N(C)C(C)(C)C(=O)O. The molecule has 4 nitrogen and oxygen atoms in total. The fourth-order valence-corrected chi connectivity index (χ4v) is 1.29. The Balaban J connectivity index is 3.10. The number of rotatable bonds is 3. The van der Waals surface area contributed by atoms with Crippen LogP contribution in [0.4, 0.5) is 5.69 Å². The number of likely N-dealkylation sites (N-methyl/N-ethyl adjacent to an activating group) is 1. The second kappa shape index (κ2) is 3.88. The average molecular weight is 208 g/mol. The molecule has 1 N–H and O–H groups in total. The van der Waals surface area contributed by atoms with Crippen LogP contribution in [0.1, 0.15) is 19.4 Å². The van der Waals surface area contributed by atoms with Crippen molar-refractivity contribution in [3.63, 3.8) is 0 Å². The van der Waals surface area contributed by atoms with Crippen molar-refractivity contribution in [3.05, 3.63) is 24.0 Å². The third kappa shape index (κ3) is 2.09. The van der Waals surface area contributed by atoms with Crippen molar-refractivity contribution in [1.29, 1.82) is 0 Å². The van der Waals surface area contributed by atoms with Crippen LogP contribution in [0.2, 0.25) is 0 Å². The van der Waals surface area contributed by atoms with E-state index < -0.39 is 11.5 Å². The minimum atomic E-state index is -0.924. The van der Waals surface area contributed by atoms with Crippen LogP contribution < -0.4 is 4.90 Å². The van der Waals surface area contributed by atoms with Gasteiger partial charge in [0, 0.05) is 25.1 Å². The second-order valence-electron chi connectivity index (χ2n) is 4.09. The molecule has 0 radical (unpaired) electrons. The predicted octanol–water partition coefficient (Wildman–Crippen LogP) is 1.69. The third-order valence-corrected chi connectivity index (χ3v) is 2.71. The normalized spacial score (nSPS) is 11.2. The van der Waals surface area contributed by atoms with Gasteiger partial charge in [0.1, 0.15) is 5.54 Å². The molecule has 0 bridgehead atoms. The van der Waals surface area contributed by atoms with Gasteiger partial charge in [-0.2, -0.15) is 0 Å². The molecule has 0 aliphatic heterocycles. The molecule has 0 unspecified atom stereocenters. The number of anilines is 1. The Hall–Kier alpha value is -1.58. The van der Waals surface area contributed by atoms with Crippen LogP contribution in [-0.2, 0) is 4.79 Å². The maximum atomic E-state index is 11.1. The molecule has 4 heteroatoms. The number of hydrogen-bond acceptors (Lipinski definition) is 3. The van der Waals surface area contributed by atoms with Gasteiger partial charge in [-0.15, -0.1) is 0 Å². The van der Waals surface area contributed by atoms with Crippen LogP contribution in [0.5, 0.6) is 0 Å². The van der Waals surface area contributed by atoms with Crippen molar-refractivity contribution in [2.75, 3.05) is 11.9 Å². The first kappa shape index (κ1) is 11.5. The van der Waals surface area contributed by atoms with E-state index in [-0.39, 0.29) is 0 Å². The van der Waals surface area contributed by atoms with Gasteiger partial charge in [-0.3, -0.25) is 4.98 Å². The Morgan fingerprint density at radius 2 is 2.13 bits per heavy atom. The molecule has 0 aliphatic carbocycles. The monoisotopic (exact) mass is 208 g/mol. The lowest BCUT2D eigenvalue weighted by Crippen LogP contribution is -2.48. The summed E-state index contributed by atoms with van der Waals surface area (Å²) in [4.78, 5) is 16.8. The molecule has 0 aromatic carbocycles. The number of hydrogen-bond donors (Lipinski definition) is 1. The topological polar surface area (TPSA) is 53.4 Å². The predicted molar refractivity (Wildman–Crippen MR) is 59.1 cm³/mol. The molecule has 0 aliphatic rings. The van der Waals surface area contributed by atoms with Crippen molar-refractivity contribution in [2.24, 2.45) is 0 Å². The van der Waals surface area contributed by atoms with Crippen molar-refractivity contribution >= 4 is 11.7 Å². The number of carboxylic acid groups (broad SMARTS) is 1. The smallest absolute Gasteiger partial charge is 0.328 e. The van der Waals surface area contributed by atoms with Crippen LogP contribution >= 0.6 is 0 Å². The van der Waals surface area contributed by atoms with E-state index in [0.29, 0.717) is 0 Å². The molecule has 0 atom stereocenters. The fraction of sp³-hybridized carbons (Fsp3) is 0.455. The quantitative estimate of drug-likeness (QED) is 0.821. The highest BCUT2D eigenvalue weighted by atomic mass is 16.4. The van der Waals surface area contributed by atoms with Gasteiger partial charge in [-0.05, 0) is 32.4 Å². The lowest BCUT2D eigenvalue weighted by atomic mass is 10.0. The van der Waals surface area contributed by atoms with Gasteiger partial charge in [0.25, 0.3) is 0 Å². The number of aryl methyl sites for hydroxylation is 1. The van der Waals surface area contributed by atoms with Gasteiger partial charge >= 0.3 is 5.97 Å². The zero-order valence-corrected chi connectivity index (χ0v) is 9.48. The molecule has 0 spiro atoms. The summed E-state index contributed by atoms with van der Waals surface area (Å²) in [7, 11) is 1.77. The standard InChI is InChI=1S/C11H16N2O2/c1-8-7-12-6-5-9(8)13(4)11(2,3)10(14)15/h5-7H,1-4H3,(H,14,15). The summed E-state index contributed by atoms with van der Waals surface area (Å²) in [5.74, 6) is -0.846. The number of aliphatic carboxylic acids is 1. The van der Waals surface area contributed by atoms with Crippen LogP contribution in [0.15, 0.2) is 18.5 Å². The number of carboxylic acids is 1. The highest BCUT2D eigenvalue weighted by Gasteiger charge is 2.32. The highest BCUT2D eigenvalue weighted by molar-refractivity contribution is 5.82. The molecule has 0 saturated heterocycles. The van der Waals surface area contributed by atoms with Crippen LogP contribution in [0.25, 0.3) is 0 Å². The van der Waals surface area contributed by atoms with E-state index in [9.17, 15) is 4.79 Å². The van der Waals surface area contributed by atoms with Crippen LogP contribution in [0.3, 0.4) is 0 Å². The van der Waals surface area contributed by atoms with Crippen molar-refractivity contribution < 1.29 is 9.90 Å². The Labute approximate surface area is 89.6 Å². The molecule has 1 rings (SSSR count). The van der Waals surface area contributed by atoms with Gasteiger partial charge in [0.05, 0.1) is 0 Å². The number of aromatic nitrogens is 1. The highest BCUT2D eigenvalue weighted by Crippen LogP contribution is 2.24. The zero-order chi connectivity index (χ0) is 11.6. The Bertz CT molecular complexity index is 375. The largest absolute Gasteiger partial charge is 0.480 e. The van der Waals surface area contributed by atoms with E-state index in [0.717, 1.165) is 11.3 Å². The van der Waals surface area contributed by atoms with Gasteiger partial charge in [0.2, 0.25) is 0 Å². The maximum absolute atomic E-state index is 11.1. The Morgan fingerprint density at radius 1 is 1.53 bits per heavy atom. The molecule has 0 saturated carbocycles. The number of nitrogens with zero attached hydrogens (tertiary/aromatic N) is 2. The van der Waals surface area contributed by atoms with Crippen LogP contribution in [0, 0.1) is 6.92 Å². The van der Waals surface area contributed by atoms with Crippen molar-refractivity contribution in [2.45, 2.75) is 26.3 Å². The molecular formula is C11H16N2O2. The molecular weight excluding hydrogens is 192 g/mol. The van der Waals surface area contributed by atoms with E-state index in [1.807, 2.05) is 13.0 Å². The lowest BCUT2D eigenvalue weighted by Gasteiger charge is -2.34.